The van der Waals surface area contributed by atoms with Gasteiger partial charge in [0.25, 0.3) is 0 Å². The van der Waals surface area contributed by atoms with Crippen LogP contribution < -0.4 is 4.74 Å². The monoisotopic (exact) mass is 322 g/mol. The number of halogens is 2. The predicted octanol–water partition coefficient (Wildman–Crippen LogP) is 6.22. The molecule has 0 aromatic heterocycles. The van der Waals surface area contributed by atoms with Gasteiger partial charge < -0.3 is 4.74 Å². The van der Waals surface area contributed by atoms with Gasteiger partial charge in [-0.1, -0.05) is 31.7 Å². The van der Waals surface area contributed by atoms with Crippen LogP contribution in [0.4, 0.5) is 8.78 Å². The van der Waals surface area contributed by atoms with E-state index < -0.39 is 11.6 Å². The van der Waals surface area contributed by atoms with E-state index in [1.807, 2.05) is 0 Å². The fourth-order valence-corrected chi connectivity index (χ4v) is 4.56. The Labute approximate surface area is 138 Å². The van der Waals surface area contributed by atoms with E-state index in [0.717, 1.165) is 37.5 Å². The van der Waals surface area contributed by atoms with Crippen LogP contribution in [0.3, 0.4) is 0 Å². The lowest BCUT2D eigenvalue weighted by Gasteiger charge is -2.30. The number of benzene rings is 1. The van der Waals surface area contributed by atoms with Crippen LogP contribution in [-0.2, 0) is 0 Å². The summed E-state index contributed by atoms with van der Waals surface area (Å²) in [7, 11) is 0. The zero-order valence-corrected chi connectivity index (χ0v) is 14.1. The number of hydrogen-bond donors (Lipinski definition) is 0. The van der Waals surface area contributed by atoms with E-state index in [4.69, 9.17) is 4.74 Å². The molecule has 3 heteroatoms. The van der Waals surface area contributed by atoms with Crippen molar-refractivity contribution in [3.63, 3.8) is 0 Å². The molecule has 0 atom stereocenters. The molecule has 23 heavy (non-hydrogen) atoms. The molecule has 0 aliphatic heterocycles. The molecule has 0 radical (unpaired) electrons. The minimum Gasteiger partial charge on any atom is -0.491 e. The van der Waals surface area contributed by atoms with Crippen LogP contribution >= 0.6 is 0 Å². The molecule has 1 aromatic carbocycles. The van der Waals surface area contributed by atoms with E-state index >= 15 is 0 Å². The maximum Gasteiger partial charge on any atom is 0.200 e. The Morgan fingerprint density at radius 3 is 2.22 bits per heavy atom. The zero-order valence-electron chi connectivity index (χ0n) is 14.1. The summed E-state index contributed by atoms with van der Waals surface area (Å²) in [4.78, 5) is 0. The highest BCUT2D eigenvalue weighted by molar-refractivity contribution is 5.33. The second kappa shape index (κ2) is 7.63. The Morgan fingerprint density at radius 2 is 1.57 bits per heavy atom. The first-order valence-electron chi connectivity index (χ1n) is 9.29. The average Bonchev–Trinajstić information content (AvgIpc) is 3.06. The van der Waals surface area contributed by atoms with Crippen LogP contribution in [0, 0.1) is 23.5 Å². The van der Waals surface area contributed by atoms with Crippen molar-refractivity contribution < 1.29 is 13.5 Å². The first kappa shape index (κ1) is 16.7. The molecule has 0 saturated heterocycles. The molecule has 0 spiro atoms. The van der Waals surface area contributed by atoms with Crippen molar-refractivity contribution in [1.82, 2.24) is 0 Å². The van der Waals surface area contributed by atoms with Gasteiger partial charge in [-0.2, -0.15) is 4.39 Å². The van der Waals surface area contributed by atoms with Gasteiger partial charge in [0.1, 0.15) is 0 Å². The highest BCUT2D eigenvalue weighted by Gasteiger charge is 2.28. The Bertz CT molecular complexity index is 515. The molecule has 3 rings (SSSR count). The number of rotatable bonds is 5. The molecule has 1 nitrogen and oxygen atoms in total. The Balaban J connectivity index is 1.59. The van der Waals surface area contributed by atoms with Gasteiger partial charge in [0.2, 0.25) is 5.82 Å². The van der Waals surface area contributed by atoms with E-state index in [0.29, 0.717) is 12.2 Å². The van der Waals surface area contributed by atoms with Crippen molar-refractivity contribution in [2.75, 3.05) is 6.61 Å². The lowest BCUT2D eigenvalue weighted by molar-refractivity contribution is 0.265. The Morgan fingerprint density at radius 1 is 0.913 bits per heavy atom. The maximum absolute atomic E-state index is 14.3. The van der Waals surface area contributed by atoms with Crippen molar-refractivity contribution >= 4 is 0 Å². The summed E-state index contributed by atoms with van der Waals surface area (Å²) in [6, 6.07) is 3.31. The molecular weight excluding hydrogens is 294 g/mol. The van der Waals surface area contributed by atoms with Gasteiger partial charge >= 0.3 is 0 Å². The average molecular weight is 322 g/mol. The summed E-state index contributed by atoms with van der Waals surface area (Å²) in [6.07, 6.45) is 11.3. The predicted molar refractivity (Wildman–Crippen MR) is 88.8 cm³/mol. The van der Waals surface area contributed by atoms with Crippen LogP contribution in [0.5, 0.6) is 5.75 Å². The molecule has 2 saturated carbocycles. The van der Waals surface area contributed by atoms with Crippen molar-refractivity contribution in [1.29, 1.82) is 0 Å². The third-order valence-electron chi connectivity index (χ3n) is 5.80. The molecule has 0 heterocycles. The van der Waals surface area contributed by atoms with E-state index in [2.05, 4.69) is 0 Å². The van der Waals surface area contributed by atoms with Crippen molar-refractivity contribution in [2.45, 2.75) is 70.6 Å². The SMILES string of the molecule is CCOc1ccc(C2CCC(CC3CCCC3)CC2)c(F)c1F. The molecule has 0 N–H and O–H groups in total. The second-order valence-corrected chi connectivity index (χ2v) is 7.32. The van der Waals surface area contributed by atoms with Gasteiger partial charge in [0, 0.05) is 0 Å². The minimum atomic E-state index is -0.822. The van der Waals surface area contributed by atoms with Crippen LogP contribution in [0.1, 0.15) is 76.2 Å². The normalized spacial score (nSPS) is 25.7. The third kappa shape index (κ3) is 3.87. The largest absolute Gasteiger partial charge is 0.491 e. The van der Waals surface area contributed by atoms with Gasteiger partial charge in [0.05, 0.1) is 6.61 Å². The van der Waals surface area contributed by atoms with Gasteiger partial charge in [-0.15, -0.1) is 0 Å². The van der Waals surface area contributed by atoms with Crippen molar-refractivity contribution in [3.05, 3.63) is 29.3 Å². The Hall–Kier alpha value is -1.12. The number of ether oxygens (including phenoxy) is 1. The first-order chi connectivity index (χ1) is 11.2. The maximum atomic E-state index is 14.3. The van der Waals surface area contributed by atoms with E-state index in [1.165, 1.54) is 32.1 Å². The summed E-state index contributed by atoms with van der Waals surface area (Å²) < 4.78 is 33.5. The lowest BCUT2D eigenvalue weighted by atomic mass is 9.75. The lowest BCUT2D eigenvalue weighted by Crippen LogP contribution is -2.17. The van der Waals surface area contributed by atoms with Crippen LogP contribution in [-0.4, -0.2) is 6.61 Å². The Kier molecular flexibility index (Phi) is 5.55. The summed E-state index contributed by atoms with van der Waals surface area (Å²) in [5.41, 5.74) is 0.547. The summed E-state index contributed by atoms with van der Waals surface area (Å²) in [5.74, 6) is 0.400. The standard InChI is InChI=1S/C20H28F2O/c1-2-23-18-12-11-17(19(21)20(18)22)16-9-7-15(8-10-16)13-14-5-3-4-6-14/h11-12,14-16H,2-10,13H2,1H3. The molecule has 128 valence electrons. The number of hydrogen-bond acceptors (Lipinski definition) is 1. The molecule has 2 aliphatic carbocycles. The highest BCUT2D eigenvalue weighted by atomic mass is 19.2. The molecular formula is C20H28F2O. The fraction of sp³-hybridized carbons (Fsp3) is 0.700. The summed E-state index contributed by atoms with van der Waals surface area (Å²) >= 11 is 0. The summed E-state index contributed by atoms with van der Waals surface area (Å²) in [5, 5.41) is 0. The first-order valence-corrected chi connectivity index (χ1v) is 9.29. The van der Waals surface area contributed by atoms with Gasteiger partial charge in [-0.3, -0.25) is 0 Å². The van der Waals surface area contributed by atoms with Gasteiger partial charge in [-0.25, -0.2) is 4.39 Å². The molecule has 0 bridgehead atoms. The second-order valence-electron chi connectivity index (χ2n) is 7.32. The fourth-order valence-electron chi connectivity index (χ4n) is 4.56. The zero-order chi connectivity index (χ0) is 16.2. The van der Waals surface area contributed by atoms with E-state index in [1.54, 1.807) is 19.1 Å². The summed E-state index contributed by atoms with van der Waals surface area (Å²) in [6.45, 7) is 2.12. The van der Waals surface area contributed by atoms with E-state index in [9.17, 15) is 8.78 Å². The molecule has 0 unspecified atom stereocenters. The molecule has 2 aliphatic rings. The minimum absolute atomic E-state index is 0.0312. The quantitative estimate of drug-likeness (QED) is 0.625. The molecule has 2 fully saturated rings. The topological polar surface area (TPSA) is 9.23 Å². The highest BCUT2D eigenvalue weighted by Crippen LogP contribution is 2.42. The molecule has 1 aromatic rings. The smallest absolute Gasteiger partial charge is 0.200 e. The van der Waals surface area contributed by atoms with Crippen LogP contribution in [0.25, 0.3) is 0 Å². The van der Waals surface area contributed by atoms with Gasteiger partial charge in [0.15, 0.2) is 11.6 Å². The molecule has 0 amide bonds. The van der Waals surface area contributed by atoms with Gasteiger partial charge in [-0.05, 0) is 68.4 Å². The van der Waals surface area contributed by atoms with Crippen molar-refractivity contribution in [2.24, 2.45) is 11.8 Å². The van der Waals surface area contributed by atoms with Crippen LogP contribution in [0.2, 0.25) is 0 Å². The van der Waals surface area contributed by atoms with E-state index in [-0.39, 0.29) is 11.7 Å². The van der Waals surface area contributed by atoms with Crippen LogP contribution in [0.15, 0.2) is 12.1 Å². The third-order valence-corrected chi connectivity index (χ3v) is 5.80. The van der Waals surface area contributed by atoms with Crippen molar-refractivity contribution in [3.8, 4) is 5.75 Å².